The van der Waals surface area contributed by atoms with Crippen LogP contribution < -0.4 is 10.1 Å². The number of amides is 1. The van der Waals surface area contributed by atoms with E-state index in [9.17, 15) is 18.0 Å². The van der Waals surface area contributed by atoms with Crippen LogP contribution in [0.5, 0.6) is 5.75 Å². The minimum absolute atomic E-state index is 0. The number of rotatable bonds is 3. The number of nitrogens with one attached hydrogen (secondary N) is 1. The third-order valence-electron chi connectivity index (χ3n) is 3.43. The second-order valence-corrected chi connectivity index (χ2v) is 4.95. The first-order valence-electron chi connectivity index (χ1n) is 6.71. The van der Waals surface area contributed by atoms with Crippen molar-refractivity contribution >= 4 is 18.3 Å². The molecule has 0 spiro atoms. The summed E-state index contributed by atoms with van der Waals surface area (Å²) in [4.78, 5) is 14.0. The van der Waals surface area contributed by atoms with E-state index < -0.39 is 6.36 Å². The Kier molecular flexibility index (Phi) is 6.49. The molecule has 1 aliphatic rings. The highest BCUT2D eigenvalue weighted by atomic mass is 35.5. The zero-order valence-electron chi connectivity index (χ0n) is 12.0. The molecule has 1 unspecified atom stereocenters. The number of alkyl halides is 3. The highest BCUT2D eigenvalue weighted by Crippen LogP contribution is 2.24. The van der Waals surface area contributed by atoms with Gasteiger partial charge in [-0.25, -0.2) is 0 Å². The molecule has 0 radical (unpaired) electrons. The predicted molar refractivity (Wildman–Crippen MR) is 78.4 cm³/mol. The van der Waals surface area contributed by atoms with Crippen LogP contribution in [0.4, 0.5) is 13.2 Å². The van der Waals surface area contributed by atoms with Crippen LogP contribution in [0.2, 0.25) is 0 Å². The lowest BCUT2D eigenvalue weighted by Crippen LogP contribution is -2.46. The molecule has 1 aromatic carbocycles. The SMILES string of the molecule is CNC1CCCN(C(=O)c2cccc(OC(F)(F)F)c2)C1.Cl. The van der Waals surface area contributed by atoms with Gasteiger partial charge in [-0.15, -0.1) is 25.6 Å². The Bertz CT molecular complexity index is 511. The van der Waals surface area contributed by atoms with Gasteiger partial charge in [-0.2, -0.15) is 0 Å². The largest absolute Gasteiger partial charge is 0.573 e. The topological polar surface area (TPSA) is 41.6 Å². The number of carbonyl (C=O) groups is 1. The van der Waals surface area contributed by atoms with Crippen molar-refractivity contribution in [1.29, 1.82) is 0 Å². The smallest absolute Gasteiger partial charge is 0.406 e. The van der Waals surface area contributed by atoms with Crippen LogP contribution in [-0.2, 0) is 0 Å². The molecule has 1 saturated heterocycles. The van der Waals surface area contributed by atoms with E-state index in [4.69, 9.17) is 0 Å². The maximum absolute atomic E-state index is 12.3. The van der Waals surface area contributed by atoms with Crippen molar-refractivity contribution < 1.29 is 22.7 Å². The van der Waals surface area contributed by atoms with E-state index in [0.29, 0.717) is 13.1 Å². The fourth-order valence-electron chi connectivity index (χ4n) is 2.41. The molecule has 0 bridgehead atoms. The van der Waals surface area contributed by atoms with Crippen LogP contribution in [-0.4, -0.2) is 43.3 Å². The van der Waals surface area contributed by atoms with Gasteiger partial charge in [-0.1, -0.05) is 6.07 Å². The molecule has 22 heavy (non-hydrogen) atoms. The maximum Gasteiger partial charge on any atom is 0.573 e. The molecule has 0 aliphatic carbocycles. The first kappa shape index (κ1) is 18.6. The van der Waals surface area contributed by atoms with Gasteiger partial charge in [0.25, 0.3) is 5.91 Å². The number of likely N-dealkylation sites (N-methyl/N-ethyl adjacent to an activating group) is 1. The molecule has 1 aromatic rings. The zero-order chi connectivity index (χ0) is 15.5. The van der Waals surface area contributed by atoms with Gasteiger partial charge < -0.3 is 15.0 Å². The number of piperidine rings is 1. The summed E-state index contributed by atoms with van der Waals surface area (Å²) < 4.78 is 40.4. The number of benzene rings is 1. The first-order chi connectivity index (χ1) is 9.89. The molecule has 1 fully saturated rings. The third-order valence-corrected chi connectivity index (χ3v) is 3.43. The van der Waals surface area contributed by atoms with Crippen LogP contribution in [0.3, 0.4) is 0 Å². The van der Waals surface area contributed by atoms with Crippen LogP contribution >= 0.6 is 12.4 Å². The van der Waals surface area contributed by atoms with Gasteiger partial charge in [0.15, 0.2) is 0 Å². The summed E-state index contributed by atoms with van der Waals surface area (Å²) >= 11 is 0. The standard InChI is InChI=1S/C14H17F3N2O2.ClH/c1-18-11-5-3-7-19(9-11)13(20)10-4-2-6-12(8-10)21-14(15,16)17;/h2,4,6,8,11,18H,3,5,7,9H2,1H3;1H. The fraction of sp³-hybridized carbons (Fsp3) is 0.500. The van der Waals surface area contributed by atoms with Crippen LogP contribution in [0, 0.1) is 0 Å². The molecule has 8 heteroatoms. The highest BCUT2D eigenvalue weighted by molar-refractivity contribution is 5.94. The van der Waals surface area contributed by atoms with Crippen molar-refractivity contribution in [2.45, 2.75) is 25.2 Å². The number of nitrogens with zero attached hydrogens (tertiary/aromatic N) is 1. The van der Waals surface area contributed by atoms with Crippen LogP contribution in [0.1, 0.15) is 23.2 Å². The van der Waals surface area contributed by atoms with Gasteiger partial charge in [-0.3, -0.25) is 4.79 Å². The minimum Gasteiger partial charge on any atom is -0.406 e. The van der Waals surface area contributed by atoms with E-state index in [-0.39, 0.29) is 35.7 Å². The van der Waals surface area contributed by atoms with Crippen molar-refractivity contribution in [2.75, 3.05) is 20.1 Å². The minimum atomic E-state index is -4.76. The van der Waals surface area contributed by atoms with Crippen molar-refractivity contribution in [3.05, 3.63) is 29.8 Å². The van der Waals surface area contributed by atoms with Gasteiger partial charge >= 0.3 is 6.36 Å². The molecule has 0 saturated carbocycles. The van der Waals surface area contributed by atoms with Crippen molar-refractivity contribution in [2.24, 2.45) is 0 Å². The summed E-state index contributed by atoms with van der Waals surface area (Å²) in [6.45, 7) is 1.17. The monoisotopic (exact) mass is 338 g/mol. The molecular formula is C14H18ClF3N2O2. The van der Waals surface area contributed by atoms with Crippen LogP contribution in [0.15, 0.2) is 24.3 Å². The van der Waals surface area contributed by atoms with E-state index in [1.807, 2.05) is 7.05 Å². The van der Waals surface area contributed by atoms with Gasteiger partial charge in [0, 0.05) is 24.7 Å². The van der Waals surface area contributed by atoms with E-state index in [0.717, 1.165) is 18.9 Å². The number of likely N-dealkylation sites (tertiary alicyclic amines) is 1. The maximum atomic E-state index is 12.3. The van der Waals surface area contributed by atoms with Crippen molar-refractivity contribution in [3.8, 4) is 5.75 Å². The summed E-state index contributed by atoms with van der Waals surface area (Å²) in [6, 6.07) is 5.40. The van der Waals surface area contributed by atoms with Gasteiger partial charge in [-0.05, 0) is 38.1 Å². The van der Waals surface area contributed by atoms with E-state index >= 15 is 0 Å². The molecule has 2 rings (SSSR count). The first-order valence-corrected chi connectivity index (χ1v) is 6.71. The predicted octanol–water partition coefficient (Wildman–Crippen LogP) is 2.83. The lowest BCUT2D eigenvalue weighted by atomic mass is 10.0. The van der Waals surface area contributed by atoms with Crippen molar-refractivity contribution in [3.63, 3.8) is 0 Å². The summed E-state index contributed by atoms with van der Waals surface area (Å²) in [5, 5.41) is 3.12. The van der Waals surface area contributed by atoms with E-state index in [1.54, 1.807) is 4.90 Å². The molecule has 1 aliphatic heterocycles. The van der Waals surface area contributed by atoms with E-state index in [1.165, 1.54) is 18.2 Å². The Morgan fingerprint density at radius 1 is 1.41 bits per heavy atom. The fourth-order valence-corrected chi connectivity index (χ4v) is 2.41. The Morgan fingerprint density at radius 3 is 2.77 bits per heavy atom. The second kappa shape index (κ2) is 7.69. The summed E-state index contributed by atoms with van der Waals surface area (Å²) in [5.41, 5.74) is 0.202. The van der Waals surface area contributed by atoms with Crippen molar-refractivity contribution in [1.82, 2.24) is 10.2 Å². The molecular weight excluding hydrogens is 321 g/mol. The molecule has 0 aromatic heterocycles. The Morgan fingerprint density at radius 2 is 2.14 bits per heavy atom. The third kappa shape index (κ3) is 5.06. The Labute approximate surface area is 133 Å². The average Bonchev–Trinajstić information content (AvgIpc) is 2.45. The molecule has 1 heterocycles. The second-order valence-electron chi connectivity index (χ2n) is 4.95. The lowest BCUT2D eigenvalue weighted by Gasteiger charge is -2.32. The molecule has 1 N–H and O–H groups in total. The van der Waals surface area contributed by atoms with Gasteiger partial charge in [0.1, 0.15) is 5.75 Å². The molecule has 1 atom stereocenters. The molecule has 1 amide bonds. The molecule has 124 valence electrons. The number of hydrogen-bond acceptors (Lipinski definition) is 3. The highest BCUT2D eigenvalue weighted by Gasteiger charge is 2.31. The number of ether oxygens (including phenoxy) is 1. The Hall–Kier alpha value is -1.47. The summed E-state index contributed by atoms with van der Waals surface area (Å²) in [6.07, 6.45) is -2.91. The number of carbonyl (C=O) groups excluding carboxylic acids is 1. The van der Waals surface area contributed by atoms with Crippen LogP contribution in [0.25, 0.3) is 0 Å². The van der Waals surface area contributed by atoms with E-state index in [2.05, 4.69) is 10.1 Å². The normalized spacial score (nSPS) is 18.5. The van der Waals surface area contributed by atoms with Gasteiger partial charge in [0.05, 0.1) is 0 Å². The lowest BCUT2D eigenvalue weighted by molar-refractivity contribution is -0.274. The zero-order valence-corrected chi connectivity index (χ0v) is 12.8. The molecule has 4 nitrogen and oxygen atoms in total. The number of hydrogen-bond donors (Lipinski definition) is 1. The van der Waals surface area contributed by atoms with Gasteiger partial charge in [0.2, 0.25) is 0 Å². The Balaban J connectivity index is 0.00000242. The quantitative estimate of drug-likeness (QED) is 0.921. The number of halogens is 4. The summed E-state index contributed by atoms with van der Waals surface area (Å²) in [7, 11) is 1.83. The average molecular weight is 339 g/mol. The summed E-state index contributed by atoms with van der Waals surface area (Å²) in [5.74, 6) is -0.655.